The molecule has 2 rings (SSSR count). The van der Waals surface area contributed by atoms with Gasteiger partial charge in [-0.3, -0.25) is 4.98 Å². The van der Waals surface area contributed by atoms with Crippen LogP contribution in [0.15, 0.2) is 23.0 Å². The average molecular weight is 268 g/mol. The fraction of sp³-hybridized carbons (Fsp3) is 0.182. The molecule has 0 aliphatic heterocycles. The molecule has 0 saturated carbocycles. The van der Waals surface area contributed by atoms with Crippen molar-refractivity contribution in [3.05, 3.63) is 33.7 Å². The minimum atomic E-state index is -0.557. The van der Waals surface area contributed by atoms with Crippen molar-refractivity contribution in [2.24, 2.45) is 0 Å². The summed E-state index contributed by atoms with van der Waals surface area (Å²) in [6.45, 7) is 0. The number of nitrogens with one attached hydrogen (secondary N) is 1. The first-order chi connectivity index (χ1) is 8.63. The van der Waals surface area contributed by atoms with E-state index in [1.807, 2.05) is 0 Å². The van der Waals surface area contributed by atoms with Crippen molar-refractivity contribution in [3.8, 4) is 23.1 Å². The molecule has 7 heteroatoms. The lowest BCUT2D eigenvalue weighted by atomic mass is 10.2. The summed E-state index contributed by atoms with van der Waals surface area (Å²) in [5, 5.41) is 0.504. The Kier molecular flexibility index (Phi) is 3.47. The van der Waals surface area contributed by atoms with E-state index in [9.17, 15) is 4.79 Å². The zero-order valence-electron chi connectivity index (χ0n) is 9.73. The third-order valence-electron chi connectivity index (χ3n) is 2.23. The Morgan fingerprint density at radius 3 is 2.67 bits per heavy atom. The van der Waals surface area contributed by atoms with Crippen LogP contribution in [0.4, 0.5) is 0 Å². The highest BCUT2D eigenvalue weighted by atomic mass is 35.5. The molecule has 0 spiro atoms. The zero-order chi connectivity index (χ0) is 13.1. The largest absolute Gasteiger partial charge is 0.496 e. The molecular weight excluding hydrogens is 258 g/mol. The van der Waals surface area contributed by atoms with Crippen molar-refractivity contribution in [3.63, 3.8) is 0 Å². The van der Waals surface area contributed by atoms with Crippen molar-refractivity contribution >= 4 is 11.6 Å². The van der Waals surface area contributed by atoms with E-state index in [4.69, 9.17) is 21.1 Å². The molecule has 1 N–H and O–H groups in total. The third kappa shape index (κ3) is 2.43. The first-order valence-electron chi connectivity index (χ1n) is 5.00. The zero-order valence-corrected chi connectivity index (χ0v) is 10.5. The highest BCUT2D eigenvalue weighted by molar-refractivity contribution is 6.30. The minimum absolute atomic E-state index is 0.0178. The highest BCUT2D eigenvalue weighted by Gasteiger charge is 2.11. The van der Waals surface area contributed by atoms with Crippen molar-refractivity contribution < 1.29 is 9.47 Å². The molecule has 94 valence electrons. The molecule has 1 heterocycles. The van der Waals surface area contributed by atoms with Gasteiger partial charge in [0.25, 0.3) is 0 Å². The quantitative estimate of drug-likeness (QED) is 0.912. The summed E-state index contributed by atoms with van der Waals surface area (Å²) in [6.07, 6.45) is 0. The van der Waals surface area contributed by atoms with Crippen molar-refractivity contribution in [2.75, 3.05) is 14.2 Å². The predicted molar refractivity (Wildman–Crippen MR) is 66.2 cm³/mol. The van der Waals surface area contributed by atoms with E-state index in [0.717, 1.165) is 0 Å². The second-order valence-electron chi connectivity index (χ2n) is 3.33. The minimum Gasteiger partial charge on any atom is -0.496 e. The van der Waals surface area contributed by atoms with Gasteiger partial charge >= 0.3 is 11.7 Å². The lowest BCUT2D eigenvalue weighted by molar-refractivity contribution is 0.376. The van der Waals surface area contributed by atoms with Gasteiger partial charge in [0.2, 0.25) is 0 Å². The maximum Gasteiger partial charge on any atom is 0.351 e. The molecule has 0 bridgehead atoms. The van der Waals surface area contributed by atoms with Gasteiger partial charge in [-0.25, -0.2) is 4.79 Å². The molecule has 0 saturated heterocycles. The summed E-state index contributed by atoms with van der Waals surface area (Å²) in [6, 6.07) is 4.99. The number of H-pyrrole nitrogens is 1. The number of hydrogen-bond acceptors (Lipinski definition) is 5. The van der Waals surface area contributed by atoms with Gasteiger partial charge in [0.05, 0.1) is 19.8 Å². The Morgan fingerprint density at radius 1 is 1.22 bits per heavy atom. The Labute approximate surface area is 108 Å². The van der Waals surface area contributed by atoms with Crippen LogP contribution in [0, 0.1) is 0 Å². The lowest BCUT2D eigenvalue weighted by Crippen LogP contribution is -2.14. The summed E-state index contributed by atoms with van der Waals surface area (Å²) in [5.41, 5.74) is 0.00155. The number of aromatic amines is 1. The molecule has 0 aliphatic rings. The topological polar surface area (TPSA) is 77.1 Å². The molecule has 0 radical (unpaired) electrons. The lowest BCUT2D eigenvalue weighted by Gasteiger charge is -2.08. The van der Waals surface area contributed by atoms with Crippen LogP contribution in [0.2, 0.25) is 5.02 Å². The van der Waals surface area contributed by atoms with Crippen LogP contribution in [0.5, 0.6) is 11.8 Å². The normalized spacial score (nSPS) is 10.2. The molecule has 1 aromatic heterocycles. The van der Waals surface area contributed by atoms with Crippen LogP contribution in [-0.4, -0.2) is 29.2 Å². The number of hydrogen-bond donors (Lipinski definition) is 1. The Morgan fingerprint density at radius 2 is 2.00 bits per heavy atom. The van der Waals surface area contributed by atoms with Gasteiger partial charge in [-0.15, -0.1) is 4.98 Å². The Balaban J connectivity index is 2.64. The van der Waals surface area contributed by atoms with Gasteiger partial charge in [0.15, 0.2) is 5.82 Å². The van der Waals surface area contributed by atoms with Gasteiger partial charge in [0.1, 0.15) is 5.75 Å². The predicted octanol–water partition coefficient (Wildman–Crippen LogP) is 1.50. The molecule has 6 nitrogen and oxygen atoms in total. The van der Waals surface area contributed by atoms with Crippen molar-refractivity contribution in [1.29, 1.82) is 0 Å². The molecule has 1 aromatic carbocycles. The molecule has 0 unspecified atom stereocenters. The smallest absolute Gasteiger partial charge is 0.351 e. The summed E-state index contributed by atoms with van der Waals surface area (Å²) in [5.74, 6) is 0.821. The standard InChI is InChI=1S/C11H10ClN3O3/c1-17-8-4-3-6(12)5-7(8)9-13-10(16)15-11(14-9)18-2/h3-5H,1-2H3,(H,13,14,15,16). The van der Waals surface area contributed by atoms with Gasteiger partial charge < -0.3 is 9.47 Å². The molecule has 0 amide bonds. The molecule has 0 aliphatic carbocycles. The molecule has 0 fully saturated rings. The van der Waals surface area contributed by atoms with Crippen LogP contribution in [-0.2, 0) is 0 Å². The monoisotopic (exact) mass is 267 g/mol. The van der Waals surface area contributed by atoms with E-state index in [1.54, 1.807) is 18.2 Å². The summed E-state index contributed by atoms with van der Waals surface area (Å²) in [4.78, 5) is 21.5. The van der Waals surface area contributed by atoms with Crippen molar-refractivity contribution in [1.82, 2.24) is 15.0 Å². The highest BCUT2D eigenvalue weighted by Crippen LogP contribution is 2.30. The van der Waals surface area contributed by atoms with Crippen LogP contribution in [0.3, 0.4) is 0 Å². The molecule has 18 heavy (non-hydrogen) atoms. The number of halogens is 1. The second kappa shape index (κ2) is 5.05. The van der Waals surface area contributed by atoms with Gasteiger partial charge in [0, 0.05) is 5.02 Å². The van der Waals surface area contributed by atoms with Crippen LogP contribution < -0.4 is 15.2 Å². The number of methoxy groups -OCH3 is 2. The first kappa shape index (κ1) is 12.4. The third-order valence-corrected chi connectivity index (χ3v) is 2.46. The molecular formula is C11H10ClN3O3. The maximum absolute atomic E-state index is 11.4. The Hall–Kier alpha value is -2.08. The Bertz CT molecular complexity index is 627. The van der Waals surface area contributed by atoms with Crippen molar-refractivity contribution in [2.45, 2.75) is 0 Å². The van der Waals surface area contributed by atoms with Gasteiger partial charge in [-0.05, 0) is 18.2 Å². The van der Waals surface area contributed by atoms with Gasteiger partial charge in [-0.1, -0.05) is 11.6 Å². The average Bonchev–Trinajstić information content (AvgIpc) is 2.38. The molecule has 2 aromatic rings. The summed E-state index contributed by atoms with van der Waals surface area (Å²) < 4.78 is 10.0. The van der Waals surface area contributed by atoms with E-state index in [2.05, 4.69) is 15.0 Å². The first-order valence-corrected chi connectivity index (χ1v) is 5.38. The SMILES string of the molecule is COc1nc(-c2cc(Cl)ccc2OC)[nH]c(=O)n1. The van der Waals surface area contributed by atoms with Crippen LogP contribution in [0.1, 0.15) is 0 Å². The summed E-state index contributed by atoms with van der Waals surface area (Å²) >= 11 is 5.91. The number of ether oxygens (including phenoxy) is 2. The van der Waals surface area contributed by atoms with E-state index in [1.165, 1.54) is 14.2 Å². The fourth-order valence-electron chi connectivity index (χ4n) is 1.45. The number of aromatic nitrogens is 3. The van der Waals surface area contributed by atoms with E-state index >= 15 is 0 Å². The maximum atomic E-state index is 11.4. The number of benzene rings is 1. The van der Waals surface area contributed by atoms with Gasteiger partial charge in [-0.2, -0.15) is 4.98 Å². The number of nitrogens with zero attached hydrogens (tertiary/aromatic N) is 2. The van der Waals surface area contributed by atoms with Crippen LogP contribution in [0.25, 0.3) is 11.4 Å². The number of rotatable bonds is 3. The van der Waals surface area contributed by atoms with E-state index in [0.29, 0.717) is 16.3 Å². The van der Waals surface area contributed by atoms with E-state index in [-0.39, 0.29) is 11.8 Å². The van der Waals surface area contributed by atoms with E-state index < -0.39 is 5.69 Å². The second-order valence-corrected chi connectivity index (χ2v) is 3.77. The summed E-state index contributed by atoms with van der Waals surface area (Å²) in [7, 11) is 2.90. The molecule has 0 atom stereocenters. The van der Waals surface area contributed by atoms with Crippen LogP contribution >= 0.6 is 11.6 Å². The fourth-order valence-corrected chi connectivity index (χ4v) is 1.62.